The van der Waals surface area contributed by atoms with Crippen molar-refractivity contribution in [1.29, 1.82) is 0 Å². The molecule has 20 heavy (non-hydrogen) atoms. The Kier molecular flexibility index (Phi) is 3.93. The summed E-state index contributed by atoms with van der Waals surface area (Å²) in [5, 5.41) is 0. The maximum atomic E-state index is 12.9. The summed E-state index contributed by atoms with van der Waals surface area (Å²) in [4.78, 5) is 15.3. The van der Waals surface area contributed by atoms with Crippen molar-refractivity contribution in [1.82, 2.24) is 4.90 Å². The predicted molar refractivity (Wildman–Crippen MR) is 81.6 cm³/mol. The van der Waals surface area contributed by atoms with Crippen molar-refractivity contribution in [3.05, 3.63) is 35.9 Å². The molecule has 1 aliphatic carbocycles. The number of piperidine rings is 1. The molecule has 1 saturated carbocycles. The van der Waals surface area contributed by atoms with E-state index < -0.39 is 0 Å². The highest BCUT2D eigenvalue weighted by molar-refractivity contribution is 5.90. The van der Waals surface area contributed by atoms with E-state index in [1.807, 2.05) is 6.07 Å². The second-order valence-electron chi connectivity index (χ2n) is 6.53. The number of hydrogen-bond acceptors (Lipinski definition) is 2. The molecule has 1 unspecified atom stereocenters. The van der Waals surface area contributed by atoms with Gasteiger partial charge in [0.05, 0.1) is 0 Å². The van der Waals surface area contributed by atoms with Gasteiger partial charge in [-0.2, -0.15) is 0 Å². The van der Waals surface area contributed by atoms with Crippen molar-refractivity contribution in [2.24, 2.45) is 5.92 Å². The van der Waals surface area contributed by atoms with Gasteiger partial charge in [-0.15, -0.1) is 0 Å². The van der Waals surface area contributed by atoms with Crippen molar-refractivity contribution < 1.29 is 4.79 Å². The lowest BCUT2D eigenvalue weighted by Crippen LogP contribution is -2.55. The number of Topliss-reactive ketones (excluding diaryl/α,β-unsaturated/α-hetero) is 1. The van der Waals surface area contributed by atoms with Gasteiger partial charge in [-0.25, -0.2) is 0 Å². The molecule has 0 aromatic heterocycles. The monoisotopic (exact) mass is 271 g/mol. The minimum absolute atomic E-state index is 0.320. The van der Waals surface area contributed by atoms with E-state index in [-0.39, 0.29) is 5.54 Å². The highest BCUT2D eigenvalue weighted by Gasteiger charge is 2.46. The normalized spacial score (nSPS) is 29.6. The molecule has 0 spiro atoms. The van der Waals surface area contributed by atoms with Crippen LogP contribution in [-0.2, 0) is 10.3 Å². The molecular formula is C18H25NO. The van der Waals surface area contributed by atoms with Gasteiger partial charge in [-0.1, -0.05) is 43.7 Å². The van der Waals surface area contributed by atoms with Crippen LogP contribution < -0.4 is 0 Å². The van der Waals surface area contributed by atoms with Crippen LogP contribution in [0.2, 0.25) is 0 Å². The van der Waals surface area contributed by atoms with Gasteiger partial charge >= 0.3 is 0 Å². The van der Waals surface area contributed by atoms with E-state index in [1.54, 1.807) is 0 Å². The Morgan fingerprint density at radius 3 is 2.45 bits per heavy atom. The van der Waals surface area contributed by atoms with E-state index in [2.05, 4.69) is 36.1 Å². The molecule has 1 aromatic rings. The highest BCUT2D eigenvalue weighted by atomic mass is 16.1. The number of hydrogen-bond donors (Lipinski definition) is 0. The van der Waals surface area contributed by atoms with E-state index in [9.17, 15) is 4.79 Å². The van der Waals surface area contributed by atoms with Crippen LogP contribution in [0.3, 0.4) is 0 Å². The van der Waals surface area contributed by atoms with Gasteiger partial charge in [0.15, 0.2) is 5.78 Å². The SMILES string of the molecule is CC1CCN(C2(c3ccccc3)CCCCC2=O)CC1. The topological polar surface area (TPSA) is 20.3 Å². The molecule has 2 aliphatic rings. The van der Waals surface area contributed by atoms with E-state index in [4.69, 9.17) is 0 Å². The quantitative estimate of drug-likeness (QED) is 0.816. The zero-order valence-corrected chi connectivity index (χ0v) is 12.5. The highest BCUT2D eigenvalue weighted by Crippen LogP contribution is 2.41. The standard InChI is InChI=1S/C18H25NO/c1-15-10-13-19(14-11-15)18(12-6-5-9-17(18)20)16-7-3-2-4-8-16/h2-4,7-8,15H,5-6,9-14H2,1H3. The molecule has 0 radical (unpaired) electrons. The molecule has 0 bridgehead atoms. The molecule has 1 aliphatic heterocycles. The Bertz CT molecular complexity index is 462. The minimum atomic E-state index is -0.320. The molecule has 2 nitrogen and oxygen atoms in total. The van der Waals surface area contributed by atoms with Gasteiger partial charge in [0, 0.05) is 6.42 Å². The summed E-state index contributed by atoms with van der Waals surface area (Å²) >= 11 is 0. The van der Waals surface area contributed by atoms with E-state index >= 15 is 0 Å². The summed E-state index contributed by atoms with van der Waals surface area (Å²) in [6.07, 6.45) is 6.44. The van der Waals surface area contributed by atoms with Gasteiger partial charge in [0.25, 0.3) is 0 Å². The largest absolute Gasteiger partial charge is 0.297 e. The molecule has 1 aromatic carbocycles. The molecular weight excluding hydrogens is 246 g/mol. The van der Waals surface area contributed by atoms with Gasteiger partial charge < -0.3 is 0 Å². The Morgan fingerprint density at radius 1 is 1.10 bits per heavy atom. The average Bonchev–Trinajstić information content (AvgIpc) is 2.50. The van der Waals surface area contributed by atoms with Crippen LogP contribution in [0, 0.1) is 5.92 Å². The number of benzene rings is 1. The van der Waals surface area contributed by atoms with E-state index in [0.29, 0.717) is 5.78 Å². The lowest BCUT2D eigenvalue weighted by molar-refractivity contribution is -0.136. The van der Waals surface area contributed by atoms with Gasteiger partial charge in [0.2, 0.25) is 0 Å². The molecule has 108 valence electrons. The second kappa shape index (κ2) is 5.69. The van der Waals surface area contributed by atoms with Crippen LogP contribution in [-0.4, -0.2) is 23.8 Å². The summed E-state index contributed by atoms with van der Waals surface area (Å²) < 4.78 is 0. The number of likely N-dealkylation sites (tertiary alicyclic amines) is 1. The van der Waals surface area contributed by atoms with Crippen molar-refractivity contribution in [2.75, 3.05) is 13.1 Å². The first-order valence-corrected chi connectivity index (χ1v) is 8.07. The summed E-state index contributed by atoms with van der Waals surface area (Å²) in [7, 11) is 0. The third-order valence-electron chi connectivity index (χ3n) is 5.23. The molecule has 3 rings (SSSR count). The number of ketones is 1. The first-order chi connectivity index (χ1) is 9.73. The molecule has 2 heteroatoms. The number of carbonyl (C=O) groups is 1. The fraction of sp³-hybridized carbons (Fsp3) is 0.611. The Hall–Kier alpha value is -1.15. The lowest BCUT2D eigenvalue weighted by Gasteiger charge is -2.48. The summed E-state index contributed by atoms with van der Waals surface area (Å²) in [6.45, 7) is 4.47. The predicted octanol–water partition coefficient (Wildman–Crippen LogP) is 3.76. The Labute approximate surface area is 122 Å². The molecule has 2 fully saturated rings. The zero-order valence-electron chi connectivity index (χ0n) is 12.5. The number of rotatable bonds is 2. The molecule has 0 N–H and O–H groups in total. The van der Waals surface area contributed by atoms with Crippen LogP contribution in [0.4, 0.5) is 0 Å². The van der Waals surface area contributed by atoms with Crippen LogP contribution >= 0.6 is 0 Å². The molecule has 1 atom stereocenters. The van der Waals surface area contributed by atoms with Crippen molar-refractivity contribution in [3.8, 4) is 0 Å². The van der Waals surface area contributed by atoms with Crippen LogP contribution in [0.5, 0.6) is 0 Å². The Balaban J connectivity index is 1.97. The van der Waals surface area contributed by atoms with Crippen LogP contribution in [0.25, 0.3) is 0 Å². The summed E-state index contributed by atoms with van der Waals surface area (Å²) in [5.74, 6) is 1.25. The first-order valence-electron chi connectivity index (χ1n) is 8.07. The van der Waals surface area contributed by atoms with Crippen molar-refractivity contribution in [3.63, 3.8) is 0 Å². The lowest BCUT2D eigenvalue weighted by atomic mass is 9.73. The Morgan fingerprint density at radius 2 is 1.80 bits per heavy atom. The van der Waals surface area contributed by atoms with Crippen LogP contribution in [0.15, 0.2) is 30.3 Å². The zero-order chi connectivity index (χ0) is 14.0. The van der Waals surface area contributed by atoms with E-state index in [1.165, 1.54) is 24.8 Å². The third kappa shape index (κ3) is 2.31. The fourth-order valence-corrected chi connectivity index (χ4v) is 3.94. The van der Waals surface area contributed by atoms with E-state index in [0.717, 1.165) is 38.3 Å². The van der Waals surface area contributed by atoms with Crippen LogP contribution in [0.1, 0.15) is 51.0 Å². The molecule has 1 heterocycles. The number of nitrogens with zero attached hydrogens (tertiary/aromatic N) is 1. The van der Waals surface area contributed by atoms with Gasteiger partial charge in [-0.05, 0) is 50.3 Å². The number of carbonyl (C=O) groups excluding carboxylic acids is 1. The van der Waals surface area contributed by atoms with Gasteiger partial charge in [-0.3, -0.25) is 9.69 Å². The average molecular weight is 271 g/mol. The maximum Gasteiger partial charge on any atom is 0.157 e. The molecule has 0 amide bonds. The second-order valence-corrected chi connectivity index (χ2v) is 6.53. The summed E-state index contributed by atoms with van der Waals surface area (Å²) in [5.41, 5.74) is 0.902. The maximum absolute atomic E-state index is 12.9. The smallest absolute Gasteiger partial charge is 0.157 e. The summed E-state index contributed by atoms with van der Waals surface area (Å²) in [6, 6.07) is 10.5. The van der Waals surface area contributed by atoms with Crippen molar-refractivity contribution >= 4 is 5.78 Å². The fourth-order valence-electron chi connectivity index (χ4n) is 3.94. The third-order valence-corrected chi connectivity index (χ3v) is 5.23. The van der Waals surface area contributed by atoms with Crippen molar-refractivity contribution in [2.45, 2.75) is 51.0 Å². The minimum Gasteiger partial charge on any atom is -0.297 e. The van der Waals surface area contributed by atoms with Gasteiger partial charge in [0.1, 0.15) is 5.54 Å². The molecule has 1 saturated heterocycles. The first kappa shape index (κ1) is 13.8.